The van der Waals surface area contributed by atoms with Crippen LogP contribution in [0.2, 0.25) is 0 Å². The molecule has 1 saturated heterocycles. The van der Waals surface area contributed by atoms with Gasteiger partial charge in [-0.3, -0.25) is 29.8 Å². The molecule has 2 aromatic carbocycles. The number of piperidine rings is 1. The van der Waals surface area contributed by atoms with Crippen LogP contribution in [0.25, 0.3) is 10.9 Å². The number of aromatic nitrogens is 2. The highest BCUT2D eigenvalue weighted by Gasteiger charge is 2.29. The molecule has 2 unspecified atom stereocenters. The number of para-hydroxylation sites is 1. The molecule has 4 rings (SSSR count). The molecule has 1 aromatic heterocycles. The van der Waals surface area contributed by atoms with Gasteiger partial charge in [0.1, 0.15) is 5.75 Å². The van der Waals surface area contributed by atoms with Gasteiger partial charge in [0.2, 0.25) is 5.95 Å². The highest BCUT2D eigenvalue weighted by molar-refractivity contribution is 5.95. The Morgan fingerprint density at radius 3 is 2.43 bits per heavy atom. The first-order valence-corrected chi connectivity index (χ1v) is 12.0. The van der Waals surface area contributed by atoms with Crippen LogP contribution in [0.3, 0.4) is 0 Å². The van der Waals surface area contributed by atoms with E-state index in [2.05, 4.69) is 29.7 Å². The Morgan fingerprint density at radius 1 is 1.06 bits per heavy atom. The summed E-state index contributed by atoms with van der Waals surface area (Å²) in [5.41, 5.74) is 6.11. The number of amides is 2. The van der Waals surface area contributed by atoms with E-state index >= 15 is 0 Å². The number of fused-ring (bicyclic) bond motifs is 1. The highest BCUT2D eigenvalue weighted by atomic mass is 16.5. The number of ether oxygens (including phenoxy) is 1. The van der Waals surface area contributed by atoms with Crippen LogP contribution in [0.4, 0.5) is 5.95 Å². The molecule has 1 aliphatic rings. The van der Waals surface area contributed by atoms with E-state index in [1.807, 2.05) is 11.8 Å². The van der Waals surface area contributed by atoms with Gasteiger partial charge in [-0.1, -0.05) is 12.1 Å². The summed E-state index contributed by atoms with van der Waals surface area (Å²) in [6.45, 7) is 6.34. The fraction of sp³-hybridized carbons (Fsp3) is 0.385. The molecule has 0 bridgehead atoms. The molecule has 9 nitrogen and oxygen atoms in total. The minimum atomic E-state index is -0.395. The van der Waals surface area contributed by atoms with Crippen LogP contribution >= 0.6 is 0 Å². The predicted molar refractivity (Wildman–Crippen MR) is 134 cm³/mol. The summed E-state index contributed by atoms with van der Waals surface area (Å²) in [5.74, 6) is 0.342. The zero-order valence-corrected chi connectivity index (χ0v) is 20.3. The minimum absolute atomic E-state index is 0.0272. The van der Waals surface area contributed by atoms with Gasteiger partial charge >= 0.3 is 0 Å². The molecule has 0 spiro atoms. The Bertz CT molecular complexity index is 1260. The van der Waals surface area contributed by atoms with E-state index in [4.69, 9.17) is 4.74 Å². The van der Waals surface area contributed by atoms with Crippen molar-refractivity contribution >= 4 is 28.7 Å². The molecule has 0 radical (unpaired) electrons. The Labute approximate surface area is 204 Å². The van der Waals surface area contributed by atoms with Gasteiger partial charge in [-0.25, -0.2) is 4.98 Å². The van der Waals surface area contributed by atoms with Crippen molar-refractivity contribution in [2.45, 2.75) is 58.7 Å². The first-order chi connectivity index (χ1) is 16.9. The zero-order valence-electron chi connectivity index (χ0n) is 20.3. The first-order valence-electron chi connectivity index (χ1n) is 12.0. The maximum atomic E-state index is 12.7. The van der Waals surface area contributed by atoms with Crippen LogP contribution in [-0.2, 0) is 11.3 Å². The monoisotopic (exact) mass is 477 g/mol. The van der Waals surface area contributed by atoms with E-state index in [0.717, 1.165) is 19.3 Å². The second-order valence-corrected chi connectivity index (χ2v) is 8.82. The van der Waals surface area contributed by atoms with E-state index < -0.39 is 5.91 Å². The second kappa shape index (κ2) is 10.6. The summed E-state index contributed by atoms with van der Waals surface area (Å²) in [7, 11) is 0. The minimum Gasteiger partial charge on any atom is -0.484 e. The number of rotatable bonds is 7. The maximum absolute atomic E-state index is 12.7. The van der Waals surface area contributed by atoms with Crippen LogP contribution in [0.5, 0.6) is 5.75 Å². The standard InChI is InChI=1S/C26H31N5O4/c1-4-30-25(34)21-10-5-6-11-22(21)27-26(30)29-28-24(33)19-12-14-20(15-13-19)35-16-23(32)31-17(2)8-7-9-18(31)3/h5-6,10-15,17-18H,4,7-9,16H2,1-3H3,(H,27,29)(H,28,33). The van der Waals surface area contributed by atoms with Crippen molar-refractivity contribution in [2.75, 3.05) is 12.0 Å². The van der Waals surface area contributed by atoms with Gasteiger partial charge < -0.3 is 9.64 Å². The fourth-order valence-electron chi connectivity index (χ4n) is 4.58. The molecule has 1 fully saturated rings. The fourth-order valence-corrected chi connectivity index (χ4v) is 4.58. The molecule has 0 saturated carbocycles. The van der Waals surface area contributed by atoms with Crippen molar-refractivity contribution < 1.29 is 14.3 Å². The molecule has 184 valence electrons. The summed E-state index contributed by atoms with van der Waals surface area (Å²) in [6, 6.07) is 14.0. The van der Waals surface area contributed by atoms with Crippen molar-refractivity contribution in [1.82, 2.24) is 19.9 Å². The molecule has 2 atom stereocenters. The van der Waals surface area contributed by atoms with E-state index in [1.165, 1.54) is 4.57 Å². The number of carbonyl (C=O) groups excluding carboxylic acids is 2. The number of nitrogens with one attached hydrogen (secondary N) is 2. The lowest BCUT2D eigenvalue weighted by Gasteiger charge is -2.38. The van der Waals surface area contributed by atoms with Gasteiger partial charge in [-0.05, 0) is 76.4 Å². The molecule has 1 aliphatic heterocycles. The van der Waals surface area contributed by atoms with Gasteiger partial charge in [0.25, 0.3) is 17.4 Å². The number of hydrogen-bond acceptors (Lipinski definition) is 6. The summed E-state index contributed by atoms with van der Waals surface area (Å²) in [4.78, 5) is 44.4. The Morgan fingerprint density at radius 2 is 1.74 bits per heavy atom. The molecule has 3 aromatic rings. The largest absolute Gasteiger partial charge is 0.484 e. The number of carbonyl (C=O) groups is 2. The molecule has 9 heteroatoms. The SMILES string of the molecule is CCn1c(NNC(=O)c2ccc(OCC(=O)N3C(C)CCCC3C)cc2)nc2ccccc2c1=O. The third-order valence-electron chi connectivity index (χ3n) is 6.43. The third-order valence-corrected chi connectivity index (χ3v) is 6.43. The van der Waals surface area contributed by atoms with E-state index in [-0.39, 0.29) is 36.1 Å². The number of anilines is 1. The number of nitrogens with zero attached hydrogens (tertiary/aromatic N) is 3. The van der Waals surface area contributed by atoms with Crippen molar-refractivity contribution in [1.29, 1.82) is 0 Å². The number of benzene rings is 2. The van der Waals surface area contributed by atoms with Gasteiger partial charge in [-0.2, -0.15) is 0 Å². The lowest BCUT2D eigenvalue weighted by molar-refractivity contribution is -0.139. The number of hydrazine groups is 1. The molecule has 2 amide bonds. The average Bonchev–Trinajstić information content (AvgIpc) is 2.86. The van der Waals surface area contributed by atoms with Crippen molar-refractivity contribution in [3.05, 3.63) is 64.4 Å². The topological polar surface area (TPSA) is 106 Å². The second-order valence-electron chi connectivity index (χ2n) is 8.82. The molecule has 2 N–H and O–H groups in total. The van der Waals surface area contributed by atoms with E-state index in [1.54, 1.807) is 48.5 Å². The molecule has 35 heavy (non-hydrogen) atoms. The third kappa shape index (κ3) is 5.29. The summed E-state index contributed by atoms with van der Waals surface area (Å²) < 4.78 is 7.14. The van der Waals surface area contributed by atoms with E-state index in [9.17, 15) is 14.4 Å². The van der Waals surface area contributed by atoms with Gasteiger partial charge in [-0.15, -0.1) is 0 Å². The highest BCUT2D eigenvalue weighted by Crippen LogP contribution is 2.23. The summed E-state index contributed by atoms with van der Waals surface area (Å²) in [5, 5.41) is 0.518. The van der Waals surface area contributed by atoms with Crippen molar-refractivity contribution in [3.8, 4) is 5.75 Å². The smallest absolute Gasteiger partial charge is 0.269 e. The zero-order chi connectivity index (χ0) is 24.9. The van der Waals surface area contributed by atoms with Crippen LogP contribution in [0.15, 0.2) is 53.3 Å². The number of likely N-dealkylation sites (tertiary alicyclic amines) is 1. The quantitative estimate of drug-likeness (QED) is 0.506. The lowest BCUT2D eigenvalue weighted by atomic mass is 9.97. The van der Waals surface area contributed by atoms with Crippen LogP contribution in [0, 0.1) is 0 Å². The molecule has 0 aliphatic carbocycles. The first kappa shape index (κ1) is 24.3. The van der Waals surface area contributed by atoms with Crippen LogP contribution < -0.4 is 21.1 Å². The van der Waals surface area contributed by atoms with Crippen LogP contribution in [0.1, 0.15) is 50.4 Å². The maximum Gasteiger partial charge on any atom is 0.269 e. The summed E-state index contributed by atoms with van der Waals surface area (Å²) >= 11 is 0. The normalized spacial score (nSPS) is 17.7. The van der Waals surface area contributed by atoms with Crippen molar-refractivity contribution in [2.24, 2.45) is 0 Å². The summed E-state index contributed by atoms with van der Waals surface area (Å²) in [6.07, 6.45) is 3.16. The Balaban J connectivity index is 1.36. The van der Waals surface area contributed by atoms with Gasteiger partial charge in [0, 0.05) is 24.2 Å². The van der Waals surface area contributed by atoms with E-state index in [0.29, 0.717) is 28.8 Å². The van der Waals surface area contributed by atoms with Crippen molar-refractivity contribution in [3.63, 3.8) is 0 Å². The molecular formula is C26H31N5O4. The molecular weight excluding hydrogens is 446 g/mol. The Kier molecular flexibility index (Phi) is 7.33. The molecule has 2 heterocycles. The lowest BCUT2D eigenvalue weighted by Crippen LogP contribution is -2.49. The predicted octanol–water partition coefficient (Wildman–Crippen LogP) is 3.34. The number of hydrogen-bond donors (Lipinski definition) is 2. The Hall–Kier alpha value is -3.88. The average molecular weight is 478 g/mol. The van der Waals surface area contributed by atoms with Gasteiger partial charge in [0.05, 0.1) is 10.9 Å². The van der Waals surface area contributed by atoms with Crippen LogP contribution in [-0.4, -0.2) is 45.0 Å². The van der Waals surface area contributed by atoms with Gasteiger partial charge in [0.15, 0.2) is 6.61 Å².